The first kappa shape index (κ1) is 14.9. The Morgan fingerprint density at radius 2 is 1.73 bits per heavy atom. The molecule has 0 aliphatic rings. The molecule has 0 aromatic heterocycles. The van der Waals surface area contributed by atoms with Crippen LogP contribution in [0.5, 0.6) is 0 Å². The highest BCUT2D eigenvalue weighted by atomic mass is 16.5. The monoisotopic (exact) mass is 215 g/mol. The van der Waals surface area contributed by atoms with Gasteiger partial charge in [-0.3, -0.25) is 0 Å². The van der Waals surface area contributed by atoms with Crippen LogP contribution in [0.4, 0.5) is 0 Å². The summed E-state index contributed by atoms with van der Waals surface area (Å²) in [6, 6.07) is 0.643. The van der Waals surface area contributed by atoms with Crippen LogP contribution in [-0.4, -0.2) is 25.8 Å². The lowest BCUT2D eigenvalue weighted by Gasteiger charge is -2.16. The second kappa shape index (κ2) is 10.4. The van der Waals surface area contributed by atoms with Crippen molar-refractivity contribution >= 4 is 0 Å². The number of hydrogen-bond acceptors (Lipinski definition) is 2. The average Bonchev–Trinajstić information content (AvgIpc) is 2.21. The minimum Gasteiger partial charge on any atom is -0.381 e. The Labute approximate surface area is 95.8 Å². The molecule has 1 atom stereocenters. The van der Waals surface area contributed by atoms with E-state index < -0.39 is 0 Å². The molecular weight excluding hydrogens is 186 g/mol. The second-order valence-corrected chi connectivity index (χ2v) is 4.64. The maximum Gasteiger partial charge on any atom is 0.0480 e. The lowest BCUT2D eigenvalue weighted by molar-refractivity contribution is 0.114. The maximum absolute atomic E-state index is 5.62. The van der Waals surface area contributed by atoms with Gasteiger partial charge in [0.2, 0.25) is 0 Å². The van der Waals surface area contributed by atoms with E-state index in [0.29, 0.717) is 6.04 Å². The molecule has 0 bridgehead atoms. The van der Waals surface area contributed by atoms with E-state index in [1.54, 1.807) is 0 Å². The van der Waals surface area contributed by atoms with Gasteiger partial charge in [0.1, 0.15) is 0 Å². The first-order valence-corrected chi connectivity index (χ1v) is 6.51. The fourth-order valence-electron chi connectivity index (χ4n) is 1.45. The van der Waals surface area contributed by atoms with Crippen LogP contribution in [0.25, 0.3) is 0 Å². The summed E-state index contributed by atoms with van der Waals surface area (Å²) in [5.74, 6) is 0.755. The van der Waals surface area contributed by atoms with Gasteiger partial charge in [0, 0.05) is 19.3 Å². The molecule has 0 aromatic rings. The van der Waals surface area contributed by atoms with Gasteiger partial charge in [-0.15, -0.1) is 0 Å². The van der Waals surface area contributed by atoms with Crippen molar-refractivity contribution in [1.29, 1.82) is 0 Å². The molecule has 0 aliphatic heterocycles. The molecule has 0 saturated carbocycles. The lowest BCUT2D eigenvalue weighted by atomic mass is 10.1. The Kier molecular flexibility index (Phi) is 10.4. The number of ether oxygens (including phenoxy) is 1. The van der Waals surface area contributed by atoms with Crippen LogP contribution in [-0.2, 0) is 4.74 Å². The highest BCUT2D eigenvalue weighted by Crippen LogP contribution is 2.02. The third-order valence-electron chi connectivity index (χ3n) is 2.63. The molecule has 1 unspecified atom stereocenters. The second-order valence-electron chi connectivity index (χ2n) is 4.64. The summed E-state index contributed by atoms with van der Waals surface area (Å²) < 4.78 is 5.62. The summed E-state index contributed by atoms with van der Waals surface area (Å²) >= 11 is 0. The fraction of sp³-hybridized carbons (Fsp3) is 1.00. The number of rotatable bonds is 10. The smallest absolute Gasteiger partial charge is 0.0480 e. The molecule has 0 amide bonds. The molecule has 1 N–H and O–H groups in total. The number of hydrogen-bond donors (Lipinski definition) is 1. The van der Waals surface area contributed by atoms with Crippen LogP contribution >= 0.6 is 0 Å². The van der Waals surface area contributed by atoms with Gasteiger partial charge in [0.05, 0.1) is 0 Å². The third kappa shape index (κ3) is 10.2. The summed E-state index contributed by atoms with van der Waals surface area (Å²) in [7, 11) is 0. The Bertz CT molecular complexity index is 126. The highest BCUT2D eigenvalue weighted by Gasteiger charge is 2.04. The lowest BCUT2D eigenvalue weighted by Crippen LogP contribution is -2.30. The van der Waals surface area contributed by atoms with Gasteiger partial charge in [0.25, 0.3) is 0 Å². The predicted octanol–water partition coefficient (Wildman–Crippen LogP) is 3.22. The van der Waals surface area contributed by atoms with Crippen LogP contribution in [0, 0.1) is 5.92 Å². The van der Waals surface area contributed by atoms with Gasteiger partial charge >= 0.3 is 0 Å². The van der Waals surface area contributed by atoms with Crippen LogP contribution in [0.3, 0.4) is 0 Å². The first-order valence-electron chi connectivity index (χ1n) is 6.51. The molecule has 92 valence electrons. The van der Waals surface area contributed by atoms with Gasteiger partial charge < -0.3 is 10.1 Å². The van der Waals surface area contributed by atoms with Crippen LogP contribution in [0.15, 0.2) is 0 Å². The Morgan fingerprint density at radius 1 is 1.07 bits per heavy atom. The van der Waals surface area contributed by atoms with E-state index in [4.69, 9.17) is 4.74 Å². The summed E-state index contributed by atoms with van der Waals surface area (Å²) in [4.78, 5) is 0. The zero-order valence-electron chi connectivity index (χ0n) is 11.0. The number of nitrogens with one attached hydrogen (secondary N) is 1. The summed E-state index contributed by atoms with van der Waals surface area (Å²) in [6.45, 7) is 11.9. The van der Waals surface area contributed by atoms with Crippen LogP contribution < -0.4 is 5.32 Å². The Morgan fingerprint density at radius 3 is 2.27 bits per heavy atom. The van der Waals surface area contributed by atoms with Crippen LogP contribution in [0.2, 0.25) is 0 Å². The maximum atomic E-state index is 5.62. The van der Waals surface area contributed by atoms with Crippen molar-refractivity contribution in [1.82, 2.24) is 5.32 Å². The van der Waals surface area contributed by atoms with Crippen LogP contribution in [0.1, 0.15) is 53.4 Å². The minimum absolute atomic E-state index is 0.643. The molecule has 0 aromatic carbocycles. The summed E-state index contributed by atoms with van der Waals surface area (Å²) in [6.07, 6.45) is 4.74. The molecule has 15 heavy (non-hydrogen) atoms. The van der Waals surface area contributed by atoms with Crippen molar-refractivity contribution in [3.8, 4) is 0 Å². The van der Waals surface area contributed by atoms with E-state index >= 15 is 0 Å². The zero-order chi connectivity index (χ0) is 11.5. The van der Waals surface area contributed by atoms with Gasteiger partial charge in [0.15, 0.2) is 0 Å². The van der Waals surface area contributed by atoms with Crippen molar-refractivity contribution in [3.05, 3.63) is 0 Å². The van der Waals surface area contributed by atoms with E-state index in [1.165, 1.54) is 19.3 Å². The summed E-state index contributed by atoms with van der Waals surface area (Å²) in [5.41, 5.74) is 0. The van der Waals surface area contributed by atoms with Crippen molar-refractivity contribution in [2.45, 2.75) is 59.4 Å². The van der Waals surface area contributed by atoms with Gasteiger partial charge in [-0.05, 0) is 38.1 Å². The predicted molar refractivity (Wildman–Crippen MR) is 67.3 cm³/mol. The van der Waals surface area contributed by atoms with Crippen molar-refractivity contribution in [2.24, 2.45) is 5.92 Å². The van der Waals surface area contributed by atoms with E-state index in [-0.39, 0.29) is 0 Å². The van der Waals surface area contributed by atoms with Crippen molar-refractivity contribution < 1.29 is 4.74 Å². The quantitative estimate of drug-likeness (QED) is 0.565. The molecule has 0 radical (unpaired) electrons. The average molecular weight is 215 g/mol. The van der Waals surface area contributed by atoms with Gasteiger partial charge in [-0.25, -0.2) is 0 Å². The van der Waals surface area contributed by atoms with E-state index in [1.807, 2.05) is 0 Å². The Hall–Kier alpha value is -0.0800. The molecule has 0 spiro atoms. The fourth-order valence-corrected chi connectivity index (χ4v) is 1.45. The normalized spacial score (nSPS) is 13.4. The molecule has 0 fully saturated rings. The third-order valence-corrected chi connectivity index (χ3v) is 2.63. The minimum atomic E-state index is 0.643. The molecule has 2 heteroatoms. The van der Waals surface area contributed by atoms with Gasteiger partial charge in [-0.1, -0.05) is 27.7 Å². The molecule has 0 aliphatic carbocycles. The molecule has 0 heterocycles. The standard InChI is InChI=1S/C13H29NO/c1-5-9-14-13(6-2)8-11-15-10-7-12(3)4/h12-14H,5-11H2,1-4H3. The van der Waals surface area contributed by atoms with E-state index in [0.717, 1.165) is 32.1 Å². The summed E-state index contributed by atoms with van der Waals surface area (Å²) in [5, 5.41) is 3.54. The molecule has 2 nitrogen and oxygen atoms in total. The van der Waals surface area contributed by atoms with Crippen molar-refractivity contribution in [3.63, 3.8) is 0 Å². The van der Waals surface area contributed by atoms with Crippen molar-refractivity contribution in [2.75, 3.05) is 19.8 Å². The highest BCUT2D eigenvalue weighted by molar-refractivity contribution is 4.63. The largest absolute Gasteiger partial charge is 0.381 e. The SMILES string of the molecule is CCCNC(CC)CCOCCC(C)C. The topological polar surface area (TPSA) is 21.3 Å². The molecular formula is C13H29NO. The zero-order valence-corrected chi connectivity index (χ0v) is 11.0. The van der Waals surface area contributed by atoms with E-state index in [2.05, 4.69) is 33.0 Å². The molecule has 0 saturated heterocycles. The first-order chi connectivity index (χ1) is 7.20. The molecule has 0 rings (SSSR count). The van der Waals surface area contributed by atoms with Gasteiger partial charge in [-0.2, -0.15) is 0 Å². The Balaban J connectivity index is 3.30. The van der Waals surface area contributed by atoms with E-state index in [9.17, 15) is 0 Å².